The Hall–Kier alpha value is -2.77. The zero-order chi connectivity index (χ0) is 24.3. The second kappa shape index (κ2) is 9.61. The maximum absolute atomic E-state index is 12.8. The zero-order valence-corrected chi connectivity index (χ0v) is 17.6. The van der Waals surface area contributed by atoms with E-state index in [9.17, 15) is 34.8 Å². The van der Waals surface area contributed by atoms with Gasteiger partial charge >= 0.3 is 12.5 Å². The van der Waals surface area contributed by atoms with Crippen molar-refractivity contribution in [1.29, 1.82) is 0 Å². The number of rotatable bonds is 7. The van der Waals surface area contributed by atoms with Gasteiger partial charge in [0.2, 0.25) is 10.0 Å². The Balaban J connectivity index is 1.55. The summed E-state index contributed by atoms with van der Waals surface area (Å²) in [6.45, 7) is -0.108. The lowest BCUT2D eigenvalue weighted by molar-refractivity contribution is -0.274. The highest BCUT2D eigenvalue weighted by atomic mass is 32.2. The Morgan fingerprint density at radius 2 is 1.70 bits per heavy atom. The standard InChI is InChI=1S/C20H18F6N2O4S/c21-19(22,23)15-3-1-2-14(12-15)13-31-27-16-8-10-28(11-9-16)33(29,30)18-6-4-17(5-7-18)32-20(24,25)26/h1-8,12,27H,9-11,13H2. The van der Waals surface area contributed by atoms with Crippen LogP contribution in [0.1, 0.15) is 17.5 Å². The van der Waals surface area contributed by atoms with Crippen LogP contribution in [0.5, 0.6) is 5.75 Å². The molecule has 0 aliphatic carbocycles. The number of alkyl halides is 6. The molecule has 1 aliphatic rings. The minimum Gasteiger partial charge on any atom is -0.406 e. The van der Waals surface area contributed by atoms with Crippen LogP contribution in [-0.2, 0) is 27.6 Å². The van der Waals surface area contributed by atoms with Gasteiger partial charge in [-0.1, -0.05) is 12.1 Å². The van der Waals surface area contributed by atoms with Gasteiger partial charge in [0.15, 0.2) is 0 Å². The molecule has 3 rings (SSSR count). The highest BCUT2D eigenvalue weighted by Crippen LogP contribution is 2.30. The molecule has 2 aromatic rings. The first kappa shape index (κ1) is 24.9. The summed E-state index contributed by atoms with van der Waals surface area (Å²) in [6.07, 6.45) is -7.58. The van der Waals surface area contributed by atoms with Gasteiger partial charge in [0, 0.05) is 25.2 Å². The number of hydroxylamine groups is 1. The number of ether oxygens (including phenoxy) is 1. The maximum atomic E-state index is 12.8. The third-order valence-electron chi connectivity index (χ3n) is 4.56. The van der Waals surface area contributed by atoms with Gasteiger partial charge in [-0.15, -0.1) is 13.2 Å². The molecule has 0 atom stereocenters. The maximum Gasteiger partial charge on any atom is 0.573 e. The molecule has 33 heavy (non-hydrogen) atoms. The predicted molar refractivity (Wildman–Crippen MR) is 104 cm³/mol. The van der Waals surface area contributed by atoms with E-state index in [0.717, 1.165) is 40.7 Å². The molecule has 0 spiro atoms. The van der Waals surface area contributed by atoms with Gasteiger partial charge in [0.1, 0.15) is 5.75 Å². The number of sulfonamides is 1. The molecular weight excluding hydrogens is 478 g/mol. The van der Waals surface area contributed by atoms with Gasteiger partial charge in [-0.2, -0.15) is 17.5 Å². The van der Waals surface area contributed by atoms with Crippen LogP contribution in [0, 0.1) is 0 Å². The molecule has 1 aliphatic heterocycles. The molecule has 180 valence electrons. The van der Waals surface area contributed by atoms with Crippen molar-refractivity contribution in [2.24, 2.45) is 0 Å². The van der Waals surface area contributed by atoms with E-state index in [-0.39, 0.29) is 31.0 Å². The molecule has 0 saturated heterocycles. The monoisotopic (exact) mass is 496 g/mol. The van der Waals surface area contributed by atoms with Crippen LogP contribution in [0.15, 0.2) is 65.2 Å². The average Bonchev–Trinajstić information content (AvgIpc) is 2.73. The van der Waals surface area contributed by atoms with Gasteiger partial charge in [-0.3, -0.25) is 10.3 Å². The predicted octanol–water partition coefficient (Wildman–Crippen LogP) is 4.60. The highest BCUT2D eigenvalue weighted by Gasteiger charge is 2.32. The van der Waals surface area contributed by atoms with E-state index < -0.39 is 33.9 Å². The summed E-state index contributed by atoms with van der Waals surface area (Å²) in [4.78, 5) is 5.03. The second-order valence-electron chi connectivity index (χ2n) is 6.95. The van der Waals surface area contributed by atoms with Gasteiger partial charge in [-0.05, 0) is 48.0 Å². The molecule has 2 aromatic carbocycles. The van der Waals surface area contributed by atoms with Crippen molar-refractivity contribution >= 4 is 10.0 Å². The fourth-order valence-corrected chi connectivity index (χ4v) is 4.35. The summed E-state index contributed by atoms with van der Waals surface area (Å²) < 4.78 is 105. The number of hydrogen-bond acceptors (Lipinski definition) is 5. The van der Waals surface area contributed by atoms with Crippen LogP contribution in [0.2, 0.25) is 0 Å². The molecule has 0 bridgehead atoms. The van der Waals surface area contributed by atoms with E-state index in [2.05, 4.69) is 10.2 Å². The number of nitrogens with zero attached hydrogens (tertiary/aromatic N) is 1. The molecule has 1 heterocycles. The molecular formula is C20H18F6N2O4S. The third kappa shape index (κ3) is 6.85. The van der Waals surface area contributed by atoms with E-state index in [0.29, 0.717) is 11.3 Å². The summed E-state index contributed by atoms with van der Waals surface area (Å²) in [7, 11) is -3.95. The van der Waals surface area contributed by atoms with Gasteiger partial charge in [0.05, 0.1) is 17.1 Å². The van der Waals surface area contributed by atoms with Crippen LogP contribution in [0.25, 0.3) is 0 Å². The Bertz CT molecular complexity index is 1100. The van der Waals surface area contributed by atoms with Crippen molar-refractivity contribution < 1.29 is 44.3 Å². The molecule has 0 unspecified atom stereocenters. The van der Waals surface area contributed by atoms with Crippen molar-refractivity contribution in [3.8, 4) is 5.75 Å². The minimum absolute atomic E-state index is 0.0294. The molecule has 0 fully saturated rings. The van der Waals surface area contributed by atoms with Gasteiger partial charge in [-0.25, -0.2) is 8.42 Å². The van der Waals surface area contributed by atoms with E-state index >= 15 is 0 Å². The second-order valence-corrected chi connectivity index (χ2v) is 8.89. The molecule has 0 amide bonds. The van der Waals surface area contributed by atoms with Crippen LogP contribution >= 0.6 is 0 Å². The molecule has 1 N–H and O–H groups in total. The summed E-state index contributed by atoms with van der Waals surface area (Å²) in [5, 5.41) is 0. The Morgan fingerprint density at radius 1 is 1.00 bits per heavy atom. The first-order valence-electron chi connectivity index (χ1n) is 9.43. The van der Waals surface area contributed by atoms with Gasteiger partial charge in [0.25, 0.3) is 0 Å². The fourth-order valence-electron chi connectivity index (χ4n) is 2.97. The average molecular weight is 496 g/mol. The van der Waals surface area contributed by atoms with E-state index in [1.807, 2.05) is 0 Å². The zero-order valence-electron chi connectivity index (χ0n) is 16.8. The lowest BCUT2D eigenvalue weighted by Crippen LogP contribution is -2.36. The van der Waals surface area contributed by atoms with E-state index in [1.165, 1.54) is 18.2 Å². The fraction of sp³-hybridized carbons (Fsp3) is 0.300. The quantitative estimate of drug-likeness (QED) is 0.448. The van der Waals surface area contributed by atoms with Crippen LogP contribution < -0.4 is 10.2 Å². The minimum atomic E-state index is -4.88. The normalized spacial score (nSPS) is 15.8. The molecule has 0 saturated carbocycles. The van der Waals surface area contributed by atoms with Crippen molar-refractivity contribution in [3.63, 3.8) is 0 Å². The van der Waals surface area contributed by atoms with E-state index in [1.54, 1.807) is 0 Å². The molecule has 0 radical (unpaired) electrons. The lowest BCUT2D eigenvalue weighted by atomic mass is 10.1. The molecule has 6 nitrogen and oxygen atoms in total. The van der Waals surface area contributed by atoms with Crippen LogP contribution in [0.4, 0.5) is 26.3 Å². The summed E-state index contributed by atoms with van der Waals surface area (Å²) in [6, 6.07) is 8.53. The summed E-state index contributed by atoms with van der Waals surface area (Å²) >= 11 is 0. The SMILES string of the molecule is O=S(=O)(c1ccc(OC(F)(F)F)cc1)N1CC=C(NOCc2cccc(C(F)(F)F)c2)CC1. The molecule has 13 heteroatoms. The first-order valence-corrected chi connectivity index (χ1v) is 10.9. The largest absolute Gasteiger partial charge is 0.573 e. The number of hydrogen-bond donors (Lipinski definition) is 1. The lowest BCUT2D eigenvalue weighted by Gasteiger charge is -2.26. The first-order chi connectivity index (χ1) is 15.3. The number of nitrogens with one attached hydrogen (secondary N) is 1. The Morgan fingerprint density at radius 3 is 2.27 bits per heavy atom. The molecule has 0 aromatic heterocycles. The number of halogens is 6. The third-order valence-corrected chi connectivity index (χ3v) is 6.44. The topological polar surface area (TPSA) is 67.9 Å². The number of benzene rings is 2. The van der Waals surface area contributed by atoms with Crippen molar-refractivity contribution in [3.05, 3.63) is 71.4 Å². The summed E-state index contributed by atoms with van der Waals surface area (Å²) in [5.41, 5.74) is 2.66. The van der Waals surface area contributed by atoms with E-state index in [4.69, 9.17) is 4.84 Å². The van der Waals surface area contributed by atoms with Gasteiger partial charge < -0.3 is 4.74 Å². The Kier molecular flexibility index (Phi) is 7.24. The van der Waals surface area contributed by atoms with Crippen LogP contribution in [0.3, 0.4) is 0 Å². The van der Waals surface area contributed by atoms with Crippen molar-refractivity contribution in [2.75, 3.05) is 13.1 Å². The smallest absolute Gasteiger partial charge is 0.406 e. The Labute approximate surface area is 185 Å². The van der Waals surface area contributed by atoms with Crippen molar-refractivity contribution in [2.45, 2.75) is 30.5 Å². The highest BCUT2D eigenvalue weighted by molar-refractivity contribution is 7.89. The van der Waals surface area contributed by atoms with Crippen LogP contribution in [-0.4, -0.2) is 32.2 Å². The summed E-state index contributed by atoms with van der Waals surface area (Å²) in [5.74, 6) is -0.538. The van der Waals surface area contributed by atoms with Crippen molar-refractivity contribution in [1.82, 2.24) is 9.79 Å².